The fraction of sp³-hybridized carbons (Fsp3) is 0.385. The van der Waals surface area contributed by atoms with Gasteiger partial charge in [0.1, 0.15) is 12.1 Å². The number of imidazole rings is 1. The van der Waals surface area contributed by atoms with E-state index in [1.807, 2.05) is 16.7 Å². The fourth-order valence-electron chi connectivity index (χ4n) is 4.37. The molecule has 35 heavy (non-hydrogen) atoms. The molecule has 9 heteroatoms. The lowest BCUT2D eigenvalue weighted by Crippen LogP contribution is -2.39. The maximum atomic E-state index is 10.6. The number of ether oxygens (including phenoxy) is 1. The highest BCUT2D eigenvalue weighted by Gasteiger charge is 2.25. The van der Waals surface area contributed by atoms with E-state index in [0.717, 1.165) is 42.5 Å². The zero-order valence-corrected chi connectivity index (χ0v) is 19.8. The highest BCUT2D eigenvalue weighted by Crippen LogP contribution is 2.34. The van der Waals surface area contributed by atoms with Crippen LogP contribution in [0, 0.1) is 5.41 Å². The summed E-state index contributed by atoms with van der Waals surface area (Å²) in [5, 5.41) is 30.7. The summed E-state index contributed by atoms with van der Waals surface area (Å²) in [7, 11) is 0. The van der Waals surface area contributed by atoms with Gasteiger partial charge >= 0.3 is 0 Å². The van der Waals surface area contributed by atoms with Gasteiger partial charge in [-0.25, -0.2) is 9.97 Å². The molecule has 1 aliphatic rings. The van der Waals surface area contributed by atoms with Gasteiger partial charge in [-0.15, -0.1) is 0 Å². The average molecular weight is 478 g/mol. The summed E-state index contributed by atoms with van der Waals surface area (Å²) in [5.41, 5.74) is 8.62. The summed E-state index contributed by atoms with van der Waals surface area (Å²) < 4.78 is 7.55. The van der Waals surface area contributed by atoms with Crippen LogP contribution in [0.1, 0.15) is 19.8 Å². The Hall–Kier alpha value is -3.40. The number of aromatic nitrogens is 3. The molecule has 0 radical (unpaired) electrons. The van der Waals surface area contributed by atoms with Crippen molar-refractivity contribution in [2.24, 2.45) is 11.1 Å². The molecule has 2 aromatic carbocycles. The Labute approximate surface area is 203 Å². The number of nitrogens with two attached hydrogens (primary N) is 1. The molecular formula is C26H31N5O4. The van der Waals surface area contributed by atoms with Crippen molar-refractivity contribution in [3.8, 4) is 17.3 Å². The molecular weight excluding hydrogens is 446 g/mol. The third-order valence-electron chi connectivity index (χ3n) is 6.78. The number of phenolic OH excluding ortho intramolecular Hbond substituents is 1. The van der Waals surface area contributed by atoms with Gasteiger partial charge in [0.05, 0.1) is 42.1 Å². The van der Waals surface area contributed by atoms with E-state index >= 15 is 0 Å². The van der Waals surface area contributed by atoms with Gasteiger partial charge in [0.15, 0.2) is 11.5 Å². The molecule has 3 heterocycles. The quantitative estimate of drug-likeness (QED) is 0.320. The molecule has 0 spiro atoms. The minimum Gasteiger partial charge on any atom is -0.504 e. The number of benzene rings is 2. The summed E-state index contributed by atoms with van der Waals surface area (Å²) in [4.78, 5) is 11.8. The molecule has 4 aromatic rings. The van der Waals surface area contributed by atoms with Gasteiger partial charge in [-0.1, -0.05) is 19.1 Å². The molecule has 1 aliphatic heterocycles. The van der Waals surface area contributed by atoms with Crippen LogP contribution in [0.3, 0.4) is 0 Å². The van der Waals surface area contributed by atoms with Crippen molar-refractivity contribution in [3.05, 3.63) is 48.8 Å². The largest absolute Gasteiger partial charge is 0.504 e. The molecule has 0 unspecified atom stereocenters. The van der Waals surface area contributed by atoms with Crippen molar-refractivity contribution in [1.82, 2.24) is 14.5 Å². The minimum atomic E-state index is -0.813. The van der Waals surface area contributed by atoms with E-state index < -0.39 is 5.41 Å². The standard InChI is InChI=1S/C26H31N5O4/c1-26(13-32,14-33)15-35-23-11-19-21(12-22(23)34)31(16-28-19)24-6-5-17-3-2-4-20(25(17)29-24)30-9-7-18(27)8-10-30/h2-6,11-12,16,18,32-34H,7-10,13-15,27H2,1H3. The number of phenols is 1. The Kier molecular flexibility index (Phi) is 6.22. The molecule has 184 valence electrons. The zero-order chi connectivity index (χ0) is 24.6. The van der Waals surface area contributed by atoms with Crippen molar-refractivity contribution >= 4 is 27.6 Å². The van der Waals surface area contributed by atoms with Crippen LogP contribution in [0.15, 0.2) is 48.8 Å². The van der Waals surface area contributed by atoms with Crippen LogP contribution in [0.2, 0.25) is 0 Å². The maximum absolute atomic E-state index is 10.6. The van der Waals surface area contributed by atoms with Crippen molar-refractivity contribution in [3.63, 3.8) is 0 Å². The second kappa shape index (κ2) is 9.33. The Balaban J connectivity index is 1.49. The van der Waals surface area contributed by atoms with Gasteiger partial charge in [0.2, 0.25) is 0 Å². The number of rotatable bonds is 7. The van der Waals surface area contributed by atoms with Gasteiger partial charge in [-0.05, 0) is 31.0 Å². The number of piperidine rings is 1. The average Bonchev–Trinajstić information content (AvgIpc) is 3.29. The number of pyridine rings is 1. The van der Waals surface area contributed by atoms with E-state index in [2.05, 4.69) is 28.1 Å². The Morgan fingerprint density at radius 2 is 1.89 bits per heavy atom. The topological polar surface area (TPSA) is 130 Å². The summed E-state index contributed by atoms with van der Waals surface area (Å²) >= 11 is 0. The number of aromatic hydroxyl groups is 1. The lowest BCUT2D eigenvalue weighted by atomic mass is 9.94. The number of nitrogens with zero attached hydrogens (tertiary/aromatic N) is 4. The highest BCUT2D eigenvalue weighted by molar-refractivity contribution is 5.92. The Morgan fingerprint density at radius 3 is 2.63 bits per heavy atom. The lowest BCUT2D eigenvalue weighted by molar-refractivity contribution is 0.0280. The SMILES string of the molecule is CC(CO)(CO)COc1cc2ncn(-c3ccc4cccc(N5CCC(N)CC5)c4n3)c2cc1O. The molecule has 2 aromatic heterocycles. The molecule has 5 rings (SSSR count). The molecule has 0 aliphatic carbocycles. The van der Waals surface area contributed by atoms with Crippen LogP contribution < -0.4 is 15.4 Å². The predicted octanol–water partition coefficient (Wildman–Crippen LogP) is 2.58. The monoisotopic (exact) mass is 477 g/mol. The molecule has 0 atom stereocenters. The molecule has 1 saturated heterocycles. The third kappa shape index (κ3) is 4.50. The Morgan fingerprint density at radius 1 is 1.11 bits per heavy atom. The van der Waals surface area contributed by atoms with Crippen molar-refractivity contribution < 1.29 is 20.1 Å². The summed E-state index contributed by atoms with van der Waals surface area (Å²) in [6, 6.07) is 13.7. The van der Waals surface area contributed by atoms with E-state index in [1.54, 1.807) is 25.4 Å². The molecule has 0 bridgehead atoms. The van der Waals surface area contributed by atoms with Crippen LogP contribution >= 0.6 is 0 Å². The molecule has 0 saturated carbocycles. The fourth-order valence-corrected chi connectivity index (χ4v) is 4.37. The van der Waals surface area contributed by atoms with Crippen molar-refractivity contribution in [2.45, 2.75) is 25.8 Å². The van der Waals surface area contributed by atoms with Gasteiger partial charge < -0.3 is 30.7 Å². The molecule has 0 amide bonds. The van der Waals surface area contributed by atoms with Gasteiger partial charge in [0.25, 0.3) is 0 Å². The molecule has 9 nitrogen and oxygen atoms in total. The predicted molar refractivity (Wildman–Crippen MR) is 135 cm³/mol. The number of para-hydroxylation sites is 1. The van der Waals surface area contributed by atoms with Gasteiger partial charge in [-0.3, -0.25) is 4.57 Å². The normalized spacial score (nSPS) is 15.3. The first kappa shape index (κ1) is 23.3. The van der Waals surface area contributed by atoms with Crippen molar-refractivity contribution in [1.29, 1.82) is 0 Å². The summed E-state index contributed by atoms with van der Waals surface area (Å²) in [6.45, 7) is 3.10. The third-order valence-corrected chi connectivity index (χ3v) is 6.78. The summed E-state index contributed by atoms with van der Waals surface area (Å²) in [6.07, 6.45) is 3.60. The van der Waals surface area contributed by atoms with Crippen LogP contribution in [0.4, 0.5) is 5.69 Å². The van der Waals surface area contributed by atoms with Crippen LogP contribution in [-0.2, 0) is 0 Å². The number of hydrogen-bond acceptors (Lipinski definition) is 8. The number of aliphatic hydroxyl groups excluding tert-OH is 2. The highest BCUT2D eigenvalue weighted by atomic mass is 16.5. The summed E-state index contributed by atoms with van der Waals surface area (Å²) in [5.74, 6) is 0.888. The van der Waals surface area contributed by atoms with E-state index in [9.17, 15) is 15.3 Å². The van der Waals surface area contributed by atoms with Gasteiger partial charge in [0, 0.05) is 42.1 Å². The number of aliphatic hydroxyl groups is 2. The maximum Gasteiger partial charge on any atom is 0.163 e. The second-order valence-corrected chi connectivity index (χ2v) is 9.68. The van der Waals surface area contributed by atoms with Crippen LogP contribution in [-0.4, -0.2) is 68.8 Å². The van der Waals surface area contributed by atoms with Crippen LogP contribution in [0.5, 0.6) is 11.5 Å². The van der Waals surface area contributed by atoms with E-state index in [1.165, 1.54) is 0 Å². The Bertz CT molecular complexity index is 1340. The van der Waals surface area contributed by atoms with Crippen molar-refractivity contribution in [2.75, 3.05) is 37.8 Å². The van der Waals surface area contributed by atoms with E-state index in [-0.39, 0.29) is 37.4 Å². The first-order chi connectivity index (χ1) is 16.9. The number of fused-ring (bicyclic) bond motifs is 2. The molecule has 5 N–H and O–H groups in total. The first-order valence-electron chi connectivity index (χ1n) is 11.9. The van der Waals surface area contributed by atoms with E-state index in [0.29, 0.717) is 16.9 Å². The lowest BCUT2D eigenvalue weighted by Gasteiger charge is -2.32. The minimum absolute atomic E-state index is 0.0518. The smallest absolute Gasteiger partial charge is 0.163 e. The van der Waals surface area contributed by atoms with Gasteiger partial charge in [-0.2, -0.15) is 0 Å². The second-order valence-electron chi connectivity index (χ2n) is 9.68. The number of anilines is 1. The zero-order valence-electron chi connectivity index (χ0n) is 19.8. The van der Waals surface area contributed by atoms with Crippen LogP contribution in [0.25, 0.3) is 27.8 Å². The first-order valence-corrected chi connectivity index (χ1v) is 11.9. The molecule has 1 fully saturated rings. The van der Waals surface area contributed by atoms with E-state index in [4.69, 9.17) is 15.5 Å². The number of hydrogen-bond donors (Lipinski definition) is 4.